The molecule has 0 unspecified atom stereocenters. The summed E-state index contributed by atoms with van der Waals surface area (Å²) in [5, 5.41) is 22.4. The van der Waals surface area contributed by atoms with E-state index in [0.29, 0.717) is 22.0 Å². The standard InChI is InChI=1S/C15H15ClN2O4S/c1-2-8-9(16)4-3-5-10(8)17-13(23)12-11(19)6-7-18(14(12)20)15(21)22/h3-5,19H,2,6-7H2,1H3,(H,17,23)(H,21,22). The smallest absolute Gasteiger partial charge is 0.414 e. The van der Waals surface area contributed by atoms with Gasteiger partial charge >= 0.3 is 6.09 Å². The molecule has 2 amide bonds. The molecule has 1 aromatic carbocycles. The molecule has 0 fully saturated rings. The van der Waals surface area contributed by atoms with E-state index in [1.165, 1.54) is 0 Å². The number of nitrogens with zero attached hydrogens (tertiary/aromatic N) is 1. The van der Waals surface area contributed by atoms with Crippen molar-refractivity contribution >= 4 is 46.5 Å². The van der Waals surface area contributed by atoms with Gasteiger partial charge in [-0.2, -0.15) is 0 Å². The Morgan fingerprint density at radius 3 is 2.78 bits per heavy atom. The molecule has 0 atom stereocenters. The van der Waals surface area contributed by atoms with E-state index in [1.54, 1.807) is 18.2 Å². The zero-order chi connectivity index (χ0) is 17.1. The number of imide groups is 1. The number of hydrogen-bond acceptors (Lipinski definition) is 4. The highest BCUT2D eigenvalue weighted by atomic mass is 35.5. The first-order chi connectivity index (χ1) is 10.9. The van der Waals surface area contributed by atoms with Gasteiger partial charge in [-0.15, -0.1) is 0 Å². The molecule has 0 spiro atoms. The van der Waals surface area contributed by atoms with Gasteiger partial charge in [0, 0.05) is 23.7 Å². The van der Waals surface area contributed by atoms with Crippen molar-refractivity contribution in [2.24, 2.45) is 0 Å². The normalized spacial score (nSPS) is 14.9. The first-order valence-corrected chi connectivity index (χ1v) is 7.71. The average Bonchev–Trinajstić information content (AvgIpc) is 2.47. The van der Waals surface area contributed by atoms with Gasteiger partial charge in [-0.05, 0) is 24.1 Å². The Kier molecular flexibility index (Phi) is 5.23. The van der Waals surface area contributed by atoms with Crippen LogP contribution in [0.5, 0.6) is 0 Å². The number of hydrogen-bond donors (Lipinski definition) is 3. The lowest BCUT2D eigenvalue weighted by Gasteiger charge is -2.25. The number of benzene rings is 1. The van der Waals surface area contributed by atoms with E-state index < -0.39 is 12.0 Å². The van der Waals surface area contributed by atoms with Crippen molar-refractivity contribution < 1.29 is 19.8 Å². The number of anilines is 1. The minimum absolute atomic E-state index is 0.0320. The van der Waals surface area contributed by atoms with E-state index in [1.807, 2.05) is 6.92 Å². The highest BCUT2D eigenvalue weighted by molar-refractivity contribution is 7.81. The molecule has 1 aromatic rings. The first kappa shape index (κ1) is 17.2. The van der Waals surface area contributed by atoms with Gasteiger partial charge in [0.15, 0.2) is 0 Å². The fraction of sp³-hybridized carbons (Fsp3) is 0.267. The van der Waals surface area contributed by atoms with E-state index in [2.05, 4.69) is 5.32 Å². The Hall–Kier alpha value is -2.12. The highest BCUT2D eigenvalue weighted by Gasteiger charge is 2.33. The largest absolute Gasteiger partial charge is 0.511 e. The minimum atomic E-state index is -1.38. The van der Waals surface area contributed by atoms with Crippen LogP contribution in [0.15, 0.2) is 29.5 Å². The lowest BCUT2D eigenvalue weighted by molar-refractivity contribution is -0.125. The third kappa shape index (κ3) is 3.46. The zero-order valence-electron chi connectivity index (χ0n) is 12.3. The Morgan fingerprint density at radius 1 is 1.48 bits per heavy atom. The van der Waals surface area contributed by atoms with Gasteiger partial charge in [-0.1, -0.05) is 36.8 Å². The summed E-state index contributed by atoms with van der Waals surface area (Å²) >= 11 is 11.3. The van der Waals surface area contributed by atoms with Crippen molar-refractivity contribution in [1.29, 1.82) is 0 Å². The summed E-state index contributed by atoms with van der Waals surface area (Å²) in [6.45, 7) is 1.83. The quantitative estimate of drug-likeness (QED) is 0.721. The molecule has 122 valence electrons. The second-order valence-corrected chi connectivity index (χ2v) is 5.70. The number of carbonyl (C=O) groups excluding carboxylic acids is 1. The van der Waals surface area contributed by atoms with Crippen LogP contribution in [0, 0.1) is 0 Å². The molecular formula is C15H15ClN2O4S. The monoisotopic (exact) mass is 354 g/mol. The third-order valence-electron chi connectivity index (χ3n) is 3.50. The van der Waals surface area contributed by atoms with Crippen LogP contribution in [0.3, 0.4) is 0 Å². The maximum absolute atomic E-state index is 12.2. The second kappa shape index (κ2) is 6.97. The van der Waals surface area contributed by atoms with Crippen LogP contribution < -0.4 is 5.32 Å². The molecule has 8 heteroatoms. The molecule has 1 aliphatic heterocycles. The molecule has 0 bridgehead atoms. The lowest BCUT2D eigenvalue weighted by Crippen LogP contribution is -2.43. The van der Waals surface area contributed by atoms with Crippen molar-refractivity contribution in [2.75, 3.05) is 11.9 Å². The summed E-state index contributed by atoms with van der Waals surface area (Å²) in [5.74, 6) is -1.05. The summed E-state index contributed by atoms with van der Waals surface area (Å²) in [4.78, 5) is 23.9. The Morgan fingerprint density at radius 2 is 2.17 bits per heavy atom. The van der Waals surface area contributed by atoms with Gasteiger partial charge in [0.25, 0.3) is 5.91 Å². The second-order valence-electron chi connectivity index (χ2n) is 4.88. The van der Waals surface area contributed by atoms with Gasteiger partial charge in [-0.25, -0.2) is 9.69 Å². The SMILES string of the molecule is CCc1c(Cl)cccc1NC(=S)C1=C(O)CCN(C(=O)O)C1=O. The molecular weight excluding hydrogens is 340 g/mol. The fourth-order valence-corrected chi connectivity index (χ4v) is 2.96. The van der Waals surface area contributed by atoms with E-state index in [4.69, 9.17) is 28.9 Å². The molecule has 6 nitrogen and oxygen atoms in total. The molecule has 3 N–H and O–H groups in total. The van der Waals surface area contributed by atoms with Crippen LogP contribution in [0.1, 0.15) is 18.9 Å². The highest BCUT2D eigenvalue weighted by Crippen LogP contribution is 2.27. The summed E-state index contributed by atoms with van der Waals surface area (Å²) < 4.78 is 0. The molecule has 1 aliphatic rings. The van der Waals surface area contributed by atoms with Gasteiger partial charge in [0.1, 0.15) is 16.3 Å². The predicted octanol–water partition coefficient (Wildman–Crippen LogP) is 3.36. The minimum Gasteiger partial charge on any atom is -0.511 e. The van der Waals surface area contributed by atoms with Crippen molar-refractivity contribution in [3.63, 3.8) is 0 Å². The predicted molar refractivity (Wildman–Crippen MR) is 91.1 cm³/mol. The van der Waals surface area contributed by atoms with Gasteiger partial charge in [0.05, 0.1) is 0 Å². The summed E-state index contributed by atoms with van der Waals surface area (Å²) in [5.41, 5.74) is 1.23. The van der Waals surface area contributed by atoms with E-state index in [-0.39, 0.29) is 29.3 Å². The number of aliphatic hydroxyl groups excluding tert-OH is 1. The van der Waals surface area contributed by atoms with Crippen LogP contribution in [0.2, 0.25) is 5.02 Å². The number of aliphatic hydroxyl groups is 1. The van der Waals surface area contributed by atoms with Crippen LogP contribution in [0.25, 0.3) is 0 Å². The van der Waals surface area contributed by atoms with Crippen molar-refractivity contribution in [2.45, 2.75) is 19.8 Å². The molecule has 1 heterocycles. The third-order valence-corrected chi connectivity index (χ3v) is 4.16. The molecule has 0 saturated heterocycles. The Balaban J connectivity index is 2.32. The maximum Gasteiger partial charge on any atom is 0.414 e. The van der Waals surface area contributed by atoms with Gasteiger partial charge < -0.3 is 15.5 Å². The van der Waals surface area contributed by atoms with Gasteiger partial charge in [0.2, 0.25) is 0 Å². The molecule has 0 aliphatic carbocycles. The number of carboxylic acid groups (broad SMARTS) is 1. The fourth-order valence-electron chi connectivity index (χ4n) is 2.33. The Bertz CT molecular complexity index is 717. The molecule has 0 aromatic heterocycles. The number of rotatable bonds is 3. The van der Waals surface area contributed by atoms with Crippen molar-refractivity contribution in [3.05, 3.63) is 40.1 Å². The number of thiocarbonyl (C=S) groups is 1. The Labute approximate surface area is 143 Å². The van der Waals surface area contributed by atoms with Crippen molar-refractivity contribution in [3.8, 4) is 0 Å². The number of halogens is 1. The molecule has 0 saturated carbocycles. The van der Waals surface area contributed by atoms with Crippen LogP contribution in [-0.4, -0.2) is 38.6 Å². The number of carbonyl (C=O) groups is 2. The van der Waals surface area contributed by atoms with Crippen LogP contribution in [-0.2, 0) is 11.2 Å². The molecule has 2 rings (SSSR count). The maximum atomic E-state index is 12.2. The van der Waals surface area contributed by atoms with Gasteiger partial charge in [-0.3, -0.25) is 4.79 Å². The van der Waals surface area contributed by atoms with E-state index in [9.17, 15) is 14.7 Å². The summed E-state index contributed by atoms with van der Waals surface area (Å²) in [7, 11) is 0. The van der Waals surface area contributed by atoms with Crippen LogP contribution in [0.4, 0.5) is 10.5 Å². The number of amides is 2. The summed E-state index contributed by atoms with van der Waals surface area (Å²) in [6, 6.07) is 5.22. The van der Waals surface area contributed by atoms with Crippen LogP contribution >= 0.6 is 23.8 Å². The topological polar surface area (TPSA) is 89.9 Å². The van der Waals surface area contributed by atoms with E-state index >= 15 is 0 Å². The molecule has 23 heavy (non-hydrogen) atoms. The van der Waals surface area contributed by atoms with Crippen molar-refractivity contribution in [1.82, 2.24) is 4.90 Å². The number of nitrogens with one attached hydrogen (secondary N) is 1. The summed E-state index contributed by atoms with van der Waals surface area (Å²) in [6.07, 6.45) is -0.698. The molecule has 0 radical (unpaired) electrons. The van der Waals surface area contributed by atoms with E-state index in [0.717, 1.165) is 5.56 Å². The lowest BCUT2D eigenvalue weighted by atomic mass is 10.1. The average molecular weight is 355 g/mol. The zero-order valence-corrected chi connectivity index (χ0v) is 13.9. The first-order valence-electron chi connectivity index (χ1n) is 6.92.